The second-order valence-electron chi connectivity index (χ2n) is 3.48. The molecule has 0 fully saturated rings. The topological polar surface area (TPSA) is 81.3 Å². The average Bonchev–Trinajstić information content (AvgIpc) is 2.66. The van der Waals surface area contributed by atoms with Crippen molar-refractivity contribution in [1.29, 1.82) is 0 Å². The largest absolute Gasteiger partial charge is 0 e. The number of ether oxygens (including phenoxy) is 1. The van der Waals surface area contributed by atoms with E-state index in [0.717, 1.165) is 11.4 Å². The van der Waals surface area contributed by atoms with Gasteiger partial charge < -0.3 is 4.74 Å². The van der Waals surface area contributed by atoms with Crippen LogP contribution in [0.3, 0.4) is 0 Å². The number of hydrogen-bond acceptors (Lipinski definition) is 2. The summed E-state index contributed by atoms with van der Waals surface area (Å²) in [5.74, 6) is 0.500. The second kappa shape index (κ2) is 18.6. The van der Waals surface area contributed by atoms with E-state index in [0.29, 0.717) is 5.56 Å². The first-order valence-electron chi connectivity index (χ1n) is 5.83. The maximum Gasteiger partial charge on any atom is 0 e. The summed E-state index contributed by atoms with van der Waals surface area (Å²) in [6.45, 7) is 13.5. The van der Waals surface area contributed by atoms with E-state index in [1.54, 1.807) is 25.3 Å². The summed E-state index contributed by atoms with van der Waals surface area (Å²) in [6.07, 6.45) is 1.51. The molecule has 0 atom stereocenters. The van der Waals surface area contributed by atoms with E-state index < -0.39 is 0 Å². The van der Waals surface area contributed by atoms with Crippen molar-refractivity contribution in [1.82, 2.24) is 0 Å². The van der Waals surface area contributed by atoms with Crippen molar-refractivity contribution in [3.8, 4) is 5.75 Å². The number of aliphatic imine (C=N–C) groups is 1. The average molecular weight is 365 g/mol. The van der Waals surface area contributed by atoms with Gasteiger partial charge in [0.2, 0.25) is 0 Å². The van der Waals surface area contributed by atoms with E-state index >= 15 is 0 Å². The summed E-state index contributed by atoms with van der Waals surface area (Å²) in [5.41, 5.74) is 1.23. The molecular formula is C17H12CrFNO4. The van der Waals surface area contributed by atoms with Gasteiger partial charge in [0.05, 0.1) is 12.8 Å². The molecule has 0 bridgehead atoms. The van der Waals surface area contributed by atoms with Crippen molar-refractivity contribution >= 4 is 11.9 Å². The maximum absolute atomic E-state index is 13.3. The predicted octanol–water partition coefficient (Wildman–Crippen LogP) is 3.47. The first-order valence-corrected chi connectivity index (χ1v) is 5.83. The quantitative estimate of drug-likeness (QED) is 0.466. The number of methoxy groups -OCH3 is 1. The number of rotatable bonds is 3. The summed E-state index contributed by atoms with van der Waals surface area (Å²) in [5, 5.41) is 0. The van der Waals surface area contributed by atoms with Crippen molar-refractivity contribution in [2.75, 3.05) is 7.11 Å². The van der Waals surface area contributed by atoms with Crippen molar-refractivity contribution in [2.45, 2.75) is 0 Å². The Balaban J connectivity index is -0.000000569. The van der Waals surface area contributed by atoms with Crippen LogP contribution in [0.1, 0.15) is 5.56 Å². The van der Waals surface area contributed by atoms with Crippen LogP contribution < -0.4 is 4.74 Å². The Bertz CT molecular complexity index is 637. The molecule has 0 unspecified atom stereocenters. The van der Waals surface area contributed by atoms with Gasteiger partial charge in [-0.15, -0.1) is 0 Å². The maximum atomic E-state index is 13.3. The molecule has 0 N–H and O–H groups in total. The molecule has 24 heavy (non-hydrogen) atoms. The van der Waals surface area contributed by atoms with Gasteiger partial charge in [0.25, 0.3) is 0 Å². The van der Waals surface area contributed by atoms with Crippen LogP contribution in [0.25, 0.3) is 0 Å². The number of halogens is 1. The molecule has 0 spiro atoms. The molecular weight excluding hydrogens is 353 g/mol. The Hall–Kier alpha value is -2.41. The number of nitrogens with zero attached hydrogens (tertiary/aromatic N) is 1. The molecule has 0 heterocycles. The van der Waals surface area contributed by atoms with Crippen LogP contribution in [0.4, 0.5) is 10.1 Å². The smallest absolute Gasteiger partial charge is 0 e. The molecule has 0 aliphatic carbocycles. The zero-order chi connectivity index (χ0) is 18.1. The van der Waals surface area contributed by atoms with Crippen LogP contribution in [0.5, 0.6) is 5.75 Å². The Labute approximate surface area is 150 Å². The van der Waals surface area contributed by atoms with Gasteiger partial charge in [-0.2, -0.15) is 0 Å². The Morgan fingerprint density at radius 1 is 0.917 bits per heavy atom. The van der Waals surface area contributed by atoms with Gasteiger partial charge in [0.15, 0.2) is 0 Å². The van der Waals surface area contributed by atoms with Crippen LogP contribution in [0.15, 0.2) is 53.5 Å². The molecule has 122 valence electrons. The van der Waals surface area contributed by atoms with Crippen molar-refractivity contribution < 1.29 is 40.4 Å². The molecule has 0 aliphatic heterocycles. The molecule has 0 aliphatic rings. The molecule has 0 saturated carbocycles. The summed E-state index contributed by atoms with van der Waals surface area (Å²) in [7, 11) is 1.61. The standard InChI is InChI=1S/C14H12FNO.3CO.Cr/c1-17-13-8-6-12(7-9-13)16-10-11-4-2-3-5-14(11)15;3*1-2;/h2-10H,1H3;;;;. The van der Waals surface area contributed by atoms with Crippen molar-refractivity contribution in [3.63, 3.8) is 0 Å². The molecule has 2 rings (SSSR count). The predicted molar refractivity (Wildman–Crippen MR) is 78.4 cm³/mol. The summed E-state index contributed by atoms with van der Waals surface area (Å²) in [4.78, 5) is 4.19. The molecule has 5 nitrogen and oxygen atoms in total. The van der Waals surface area contributed by atoms with Crippen molar-refractivity contribution in [2.24, 2.45) is 4.99 Å². The SMILES string of the molecule is COc1ccc(N=Cc2ccccc2F)cc1.[C-]#[O+].[C-]#[O+].[C-]#[O+].[Cr]. The normalized spacial score (nSPS) is 7.83. The fourth-order valence-corrected chi connectivity index (χ4v) is 1.39. The van der Waals surface area contributed by atoms with E-state index in [1.165, 1.54) is 12.3 Å². The zero-order valence-electron chi connectivity index (χ0n) is 12.6. The van der Waals surface area contributed by atoms with Crippen molar-refractivity contribution in [3.05, 3.63) is 79.9 Å². The van der Waals surface area contributed by atoms with Gasteiger partial charge in [-0.1, -0.05) is 18.2 Å². The summed E-state index contributed by atoms with van der Waals surface area (Å²) in [6, 6.07) is 13.8. The minimum atomic E-state index is -0.273. The monoisotopic (exact) mass is 365 g/mol. The summed E-state index contributed by atoms with van der Waals surface area (Å²) < 4.78 is 40.8. The molecule has 2 aromatic rings. The third kappa shape index (κ3) is 10.3. The Morgan fingerprint density at radius 3 is 1.88 bits per heavy atom. The molecule has 0 radical (unpaired) electrons. The second-order valence-corrected chi connectivity index (χ2v) is 3.48. The van der Waals surface area contributed by atoms with E-state index in [9.17, 15) is 4.39 Å². The molecule has 0 amide bonds. The van der Waals surface area contributed by atoms with Gasteiger partial charge in [-0.25, -0.2) is 4.39 Å². The van der Waals surface area contributed by atoms with Gasteiger partial charge in [0, 0.05) is 29.1 Å². The Kier molecular flexibility index (Phi) is 20.6. The van der Waals surface area contributed by atoms with E-state index in [-0.39, 0.29) is 23.2 Å². The van der Waals surface area contributed by atoms with E-state index in [1.807, 2.05) is 24.3 Å². The molecule has 2 aromatic carbocycles. The number of benzene rings is 2. The third-order valence-corrected chi connectivity index (χ3v) is 2.33. The third-order valence-electron chi connectivity index (χ3n) is 2.33. The fourth-order valence-electron chi connectivity index (χ4n) is 1.39. The molecule has 0 aromatic heterocycles. The van der Waals surface area contributed by atoms with Gasteiger partial charge >= 0.3 is 33.9 Å². The summed E-state index contributed by atoms with van der Waals surface area (Å²) >= 11 is 0. The van der Waals surface area contributed by atoms with Crippen LogP contribution in [0.2, 0.25) is 0 Å². The van der Waals surface area contributed by atoms with Gasteiger partial charge in [-0.3, -0.25) is 4.99 Å². The van der Waals surface area contributed by atoms with Crippen LogP contribution in [-0.4, -0.2) is 13.3 Å². The fraction of sp³-hybridized carbons (Fsp3) is 0.0588. The van der Waals surface area contributed by atoms with Gasteiger partial charge in [-0.05, 0) is 30.3 Å². The molecule has 0 saturated heterocycles. The first kappa shape index (κ1) is 26.5. The van der Waals surface area contributed by atoms with Crippen LogP contribution >= 0.6 is 0 Å². The Morgan fingerprint density at radius 2 is 1.42 bits per heavy atom. The first-order chi connectivity index (χ1) is 11.3. The minimum Gasteiger partial charge on any atom is 0 e. The van der Waals surface area contributed by atoms with Gasteiger partial charge in [0.1, 0.15) is 11.6 Å². The minimum absolute atomic E-state index is 0. The van der Waals surface area contributed by atoms with Crippen LogP contribution in [0, 0.1) is 25.8 Å². The van der Waals surface area contributed by atoms with E-state index in [2.05, 4.69) is 24.9 Å². The number of hydrogen-bond donors (Lipinski definition) is 0. The van der Waals surface area contributed by atoms with Crippen LogP contribution in [-0.2, 0) is 31.3 Å². The zero-order valence-corrected chi connectivity index (χ0v) is 13.8. The molecule has 7 heteroatoms. The van der Waals surface area contributed by atoms with E-state index in [4.69, 9.17) is 18.7 Å².